The van der Waals surface area contributed by atoms with Crippen LogP contribution in [0.25, 0.3) is 21.9 Å². The van der Waals surface area contributed by atoms with Gasteiger partial charge in [0, 0.05) is 5.56 Å². The van der Waals surface area contributed by atoms with Crippen molar-refractivity contribution in [2.45, 2.75) is 6.92 Å². The van der Waals surface area contributed by atoms with Crippen LogP contribution in [0.3, 0.4) is 0 Å². The summed E-state index contributed by atoms with van der Waals surface area (Å²) in [7, 11) is 3.28. The Morgan fingerprint density at radius 3 is 2.35 bits per heavy atom. The van der Waals surface area contributed by atoms with Crippen LogP contribution >= 0.6 is 0 Å². The van der Waals surface area contributed by atoms with E-state index in [0.717, 1.165) is 45.2 Å². The molecular formula is C20H18O3. The lowest BCUT2D eigenvalue weighted by atomic mass is 9.90. The lowest BCUT2D eigenvalue weighted by Crippen LogP contribution is -1.95. The van der Waals surface area contributed by atoms with Crippen LogP contribution in [0.15, 0.2) is 48.5 Å². The molecule has 3 rings (SSSR count). The first-order valence-electron chi connectivity index (χ1n) is 7.39. The normalized spacial score (nSPS) is 10.6. The highest BCUT2D eigenvalue weighted by Crippen LogP contribution is 2.35. The van der Waals surface area contributed by atoms with Gasteiger partial charge in [-0.1, -0.05) is 18.2 Å². The minimum atomic E-state index is 0.691. The molecule has 0 aromatic heterocycles. The molecule has 0 aliphatic heterocycles. The van der Waals surface area contributed by atoms with Crippen LogP contribution < -0.4 is 9.47 Å². The summed E-state index contributed by atoms with van der Waals surface area (Å²) in [5.74, 6) is 1.55. The third-order valence-electron chi connectivity index (χ3n) is 4.06. The van der Waals surface area contributed by atoms with E-state index >= 15 is 0 Å². The maximum Gasteiger partial charge on any atom is 0.151 e. The molecule has 0 radical (unpaired) electrons. The Kier molecular flexibility index (Phi) is 4.02. The molecule has 0 aliphatic rings. The first kappa shape index (κ1) is 15.1. The topological polar surface area (TPSA) is 35.5 Å². The molecule has 0 N–H and O–H groups in total. The van der Waals surface area contributed by atoms with Crippen LogP contribution in [0.1, 0.15) is 15.9 Å². The maximum absolute atomic E-state index is 11.8. The largest absolute Gasteiger partial charge is 0.497 e. The smallest absolute Gasteiger partial charge is 0.151 e. The van der Waals surface area contributed by atoms with Gasteiger partial charge >= 0.3 is 0 Å². The highest BCUT2D eigenvalue weighted by Gasteiger charge is 2.13. The summed E-state index contributed by atoms with van der Waals surface area (Å²) in [5, 5.41) is 1.92. The fourth-order valence-electron chi connectivity index (χ4n) is 2.97. The molecule has 0 spiro atoms. The maximum atomic E-state index is 11.8. The molecule has 3 nitrogen and oxygen atoms in total. The Labute approximate surface area is 135 Å². The van der Waals surface area contributed by atoms with Gasteiger partial charge in [-0.05, 0) is 64.7 Å². The van der Waals surface area contributed by atoms with E-state index in [0.29, 0.717) is 5.56 Å². The van der Waals surface area contributed by atoms with Gasteiger partial charge in [-0.2, -0.15) is 0 Å². The lowest BCUT2D eigenvalue weighted by Gasteiger charge is -2.14. The summed E-state index contributed by atoms with van der Waals surface area (Å²) < 4.78 is 10.6. The standard InChI is InChI=1S/C20H18O3/c1-13-9-15-11-17(23-3)7-8-18(15)19(12-21)20(13)14-5-4-6-16(10-14)22-2/h4-12H,1-3H3. The number of benzene rings is 3. The summed E-state index contributed by atoms with van der Waals surface area (Å²) in [5.41, 5.74) is 3.65. The first-order chi connectivity index (χ1) is 11.2. The van der Waals surface area contributed by atoms with Crippen molar-refractivity contribution in [2.24, 2.45) is 0 Å². The molecule has 0 atom stereocenters. The molecule has 3 aromatic carbocycles. The fraction of sp³-hybridized carbons (Fsp3) is 0.150. The van der Waals surface area contributed by atoms with E-state index < -0.39 is 0 Å². The fourth-order valence-corrected chi connectivity index (χ4v) is 2.97. The summed E-state index contributed by atoms with van der Waals surface area (Å²) >= 11 is 0. The van der Waals surface area contributed by atoms with E-state index in [4.69, 9.17) is 9.47 Å². The van der Waals surface area contributed by atoms with Crippen molar-refractivity contribution in [1.29, 1.82) is 0 Å². The van der Waals surface area contributed by atoms with Gasteiger partial charge in [-0.15, -0.1) is 0 Å². The number of hydrogen-bond donors (Lipinski definition) is 0. The number of rotatable bonds is 4. The van der Waals surface area contributed by atoms with E-state index in [-0.39, 0.29) is 0 Å². The number of methoxy groups -OCH3 is 2. The molecule has 0 fully saturated rings. The average Bonchev–Trinajstić information content (AvgIpc) is 2.59. The molecule has 0 saturated carbocycles. The van der Waals surface area contributed by atoms with Gasteiger partial charge < -0.3 is 9.47 Å². The molecule has 0 aliphatic carbocycles. The zero-order chi connectivity index (χ0) is 16.4. The van der Waals surface area contributed by atoms with Crippen molar-refractivity contribution in [1.82, 2.24) is 0 Å². The summed E-state index contributed by atoms with van der Waals surface area (Å²) in [6.07, 6.45) is 0.927. The number of hydrogen-bond acceptors (Lipinski definition) is 3. The summed E-state index contributed by atoms with van der Waals surface area (Å²) in [6.45, 7) is 2.01. The monoisotopic (exact) mass is 306 g/mol. The number of ether oxygens (including phenoxy) is 2. The molecular weight excluding hydrogens is 288 g/mol. The predicted octanol–water partition coefficient (Wildman–Crippen LogP) is 4.64. The van der Waals surface area contributed by atoms with Gasteiger partial charge in [0.2, 0.25) is 0 Å². The third-order valence-corrected chi connectivity index (χ3v) is 4.06. The molecule has 0 unspecified atom stereocenters. The first-order valence-corrected chi connectivity index (χ1v) is 7.39. The number of aldehydes is 1. The van der Waals surface area contributed by atoms with E-state index in [9.17, 15) is 4.79 Å². The van der Waals surface area contributed by atoms with E-state index in [1.54, 1.807) is 14.2 Å². The van der Waals surface area contributed by atoms with Crippen molar-refractivity contribution in [2.75, 3.05) is 14.2 Å². The zero-order valence-electron chi connectivity index (χ0n) is 13.4. The highest BCUT2D eigenvalue weighted by molar-refractivity contribution is 6.06. The molecule has 3 heteroatoms. The Morgan fingerprint density at radius 2 is 1.65 bits per heavy atom. The van der Waals surface area contributed by atoms with Gasteiger partial charge in [-0.3, -0.25) is 4.79 Å². The molecule has 0 saturated heterocycles. The van der Waals surface area contributed by atoms with Gasteiger partial charge in [0.05, 0.1) is 14.2 Å². The minimum Gasteiger partial charge on any atom is -0.497 e. The van der Waals surface area contributed by atoms with Gasteiger partial charge in [0.1, 0.15) is 11.5 Å². The van der Waals surface area contributed by atoms with Crippen molar-refractivity contribution in [3.63, 3.8) is 0 Å². The molecule has 23 heavy (non-hydrogen) atoms. The predicted molar refractivity (Wildman–Crippen MR) is 92.6 cm³/mol. The Hall–Kier alpha value is -2.81. The van der Waals surface area contributed by atoms with Crippen LogP contribution in [0.4, 0.5) is 0 Å². The van der Waals surface area contributed by atoms with Gasteiger partial charge in [0.25, 0.3) is 0 Å². The zero-order valence-corrected chi connectivity index (χ0v) is 13.4. The van der Waals surface area contributed by atoms with Crippen LogP contribution in [-0.4, -0.2) is 20.5 Å². The molecule has 0 amide bonds. The average molecular weight is 306 g/mol. The second-order valence-electron chi connectivity index (χ2n) is 5.42. The molecule has 3 aromatic rings. The van der Waals surface area contributed by atoms with E-state index in [1.165, 1.54) is 0 Å². The van der Waals surface area contributed by atoms with Crippen LogP contribution in [0.2, 0.25) is 0 Å². The van der Waals surface area contributed by atoms with Gasteiger partial charge in [-0.25, -0.2) is 0 Å². The Bertz CT molecular complexity index is 881. The lowest BCUT2D eigenvalue weighted by molar-refractivity contribution is 0.112. The second kappa shape index (κ2) is 6.13. The Morgan fingerprint density at radius 1 is 0.913 bits per heavy atom. The van der Waals surface area contributed by atoms with E-state index in [2.05, 4.69) is 6.07 Å². The highest BCUT2D eigenvalue weighted by atomic mass is 16.5. The van der Waals surface area contributed by atoms with Crippen LogP contribution in [0, 0.1) is 6.92 Å². The molecule has 116 valence electrons. The quantitative estimate of drug-likeness (QED) is 0.658. The third kappa shape index (κ3) is 2.66. The number of carbonyl (C=O) groups excluding carboxylic acids is 1. The van der Waals surface area contributed by atoms with Crippen molar-refractivity contribution < 1.29 is 14.3 Å². The summed E-state index contributed by atoms with van der Waals surface area (Å²) in [4.78, 5) is 11.8. The molecule has 0 heterocycles. The Balaban J connectivity index is 2.32. The van der Waals surface area contributed by atoms with Crippen molar-refractivity contribution in [3.05, 3.63) is 59.7 Å². The number of aryl methyl sites for hydroxylation is 1. The summed E-state index contributed by atoms with van der Waals surface area (Å²) in [6, 6.07) is 15.6. The van der Waals surface area contributed by atoms with Crippen LogP contribution in [-0.2, 0) is 0 Å². The van der Waals surface area contributed by atoms with Gasteiger partial charge in [0.15, 0.2) is 6.29 Å². The van der Waals surface area contributed by atoms with Crippen molar-refractivity contribution >= 4 is 17.1 Å². The second-order valence-corrected chi connectivity index (χ2v) is 5.42. The number of carbonyl (C=O) groups is 1. The van der Waals surface area contributed by atoms with Crippen molar-refractivity contribution in [3.8, 4) is 22.6 Å². The molecule has 0 bridgehead atoms. The number of fused-ring (bicyclic) bond motifs is 1. The minimum absolute atomic E-state index is 0.691. The van der Waals surface area contributed by atoms with Crippen LogP contribution in [0.5, 0.6) is 11.5 Å². The van der Waals surface area contributed by atoms with E-state index in [1.807, 2.05) is 49.4 Å². The SMILES string of the molecule is COc1cccc(-c2c(C)cc3cc(OC)ccc3c2C=O)c1.